The number of ether oxygens (including phenoxy) is 2. The average Bonchev–Trinajstić information content (AvgIpc) is 2.72. The Morgan fingerprint density at radius 3 is 2.72 bits per heavy atom. The van der Waals surface area contributed by atoms with E-state index in [1.807, 2.05) is 13.0 Å². The van der Waals surface area contributed by atoms with E-state index in [0.717, 1.165) is 19.3 Å². The lowest BCUT2D eigenvalue weighted by Crippen LogP contribution is -2.58. The van der Waals surface area contributed by atoms with Gasteiger partial charge in [0.15, 0.2) is 0 Å². The van der Waals surface area contributed by atoms with Crippen molar-refractivity contribution in [1.82, 2.24) is 10.2 Å². The second-order valence-electron chi connectivity index (χ2n) is 7.27. The molecule has 0 aromatic heterocycles. The first-order valence-electron chi connectivity index (χ1n) is 10.5. The van der Waals surface area contributed by atoms with Crippen LogP contribution in [0.15, 0.2) is 24.3 Å². The zero-order valence-corrected chi connectivity index (χ0v) is 17.6. The molecule has 0 spiro atoms. The molecule has 0 bridgehead atoms. The second kappa shape index (κ2) is 11.4. The Hall–Kier alpha value is -2.57. The zero-order chi connectivity index (χ0) is 21.2. The molecule has 160 valence electrons. The van der Waals surface area contributed by atoms with Crippen LogP contribution in [0.5, 0.6) is 5.75 Å². The van der Waals surface area contributed by atoms with Crippen LogP contribution in [0.25, 0.3) is 0 Å². The van der Waals surface area contributed by atoms with Gasteiger partial charge in [-0.2, -0.15) is 0 Å². The van der Waals surface area contributed by atoms with Gasteiger partial charge in [-0.25, -0.2) is 0 Å². The Bertz CT molecular complexity index is 706. The first kappa shape index (κ1) is 22.7. The predicted octanol–water partition coefficient (Wildman–Crippen LogP) is 2.93. The summed E-state index contributed by atoms with van der Waals surface area (Å²) in [6, 6.07) is 6.15. The van der Waals surface area contributed by atoms with Crippen molar-refractivity contribution in [3.63, 3.8) is 0 Å². The number of hydrogen-bond acceptors (Lipinski definition) is 5. The lowest BCUT2D eigenvalue weighted by molar-refractivity contribution is -0.151. The predicted molar refractivity (Wildman–Crippen MR) is 110 cm³/mol. The number of carbonyl (C=O) groups is 3. The van der Waals surface area contributed by atoms with Crippen LogP contribution in [0.4, 0.5) is 0 Å². The van der Waals surface area contributed by atoms with Gasteiger partial charge in [0.2, 0.25) is 5.91 Å². The molecule has 7 heteroatoms. The number of nitrogens with one attached hydrogen (secondary N) is 1. The normalized spacial score (nSPS) is 17.4. The summed E-state index contributed by atoms with van der Waals surface area (Å²) in [6.07, 6.45) is 3.35. The fourth-order valence-corrected chi connectivity index (χ4v) is 3.13. The third kappa shape index (κ3) is 6.48. The van der Waals surface area contributed by atoms with E-state index in [9.17, 15) is 14.4 Å². The van der Waals surface area contributed by atoms with Crippen molar-refractivity contribution in [3.05, 3.63) is 29.8 Å². The van der Waals surface area contributed by atoms with E-state index in [1.54, 1.807) is 25.1 Å². The minimum absolute atomic E-state index is 0.165. The Morgan fingerprint density at radius 1 is 1.24 bits per heavy atom. The summed E-state index contributed by atoms with van der Waals surface area (Å²) in [7, 11) is 0. The summed E-state index contributed by atoms with van der Waals surface area (Å²) >= 11 is 0. The molecule has 0 saturated carbocycles. The molecule has 1 aliphatic rings. The molecule has 2 atom stereocenters. The van der Waals surface area contributed by atoms with E-state index in [2.05, 4.69) is 12.2 Å². The molecule has 1 N–H and O–H groups in total. The average molecular weight is 405 g/mol. The number of amides is 2. The smallest absolute Gasteiger partial charge is 0.308 e. The second-order valence-corrected chi connectivity index (χ2v) is 7.27. The number of esters is 1. The zero-order valence-electron chi connectivity index (χ0n) is 17.6. The van der Waals surface area contributed by atoms with E-state index < -0.39 is 12.0 Å². The molecule has 7 nitrogen and oxygen atoms in total. The van der Waals surface area contributed by atoms with Gasteiger partial charge in [0, 0.05) is 13.1 Å². The summed E-state index contributed by atoms with van der Waals surface area (Å²) in [6.45, 7) is 7.04. The highest BCUT2D eigenvalue weighted by Gasteiger charge is 2.36. The number of nitrogens with zero attached hydrogens (tertiary/aromatic N) is 1. The largest absolute Gasteiger partial charge is 0.493 e. The number of piperazine rings is 1. The van der Waals surface area contributed by atoms with Gasteiger partial charge in [-0.3, -0.25) is 14.4 Å². The summed E-state index contributed by atoms with van der Waals surface area (Å²) in [4.78, 5) is 39.3. The lowest BCUT2D eigenvalue weighted by atomic mass is 10.1. The first-order chi connectivity index (χ1) is 14.0. The number of unbranched alkanes of at least 4 members (excludes halogenated alkanes) is 2. The van der Waals surface area contributed by atoms with Crippen LogP contribution < -0.4 is 10.1 Å². The standard InChI is InChI=1S/C22H32N2O5/c1-4-6-9-14-28-19-11-8-7-10-17(19)22(27)24-13-12-23-21(26)18(24)15-20(25)29-16(3)5-2/h7-8,10-11,16,18H,4-6,9,12-15H2,1-3H3,(H,23,26). The van der Waals surface area contributed by atoms with E-state index in [-0.39, 0.29) is 24.3 Å². The molecule has 0 radical (unpaired) electrons. The molecule has 1 fully saturated rings. The fraction of sp³-hybridized carbons (Fsp3) is 0.591. The van der Waals surface area contributed by atoms with Gasteiger partial charge in [0.05, 0.1) is 24.7 Å². The third-order valence-electron chi connectivity index (χ3n) is 4.98. The highest BCUT2D eigenvalue weighted by molar-refractivity contribution is 6.01. The van der Waals surface area contributed by atoms with Crippen molar-refractivity contribution in [1.29, 1.82) is 0 Å². The number of rotatable bonds is 10. The van der Waals surface area contributed by atoms with Crippen LogP contribution in [-0.4, -0.2) is 54.5 Å². The van der Waals surface area contributed by atoms with Gasteiger partial charge in [0.25, 0.3) is 5.91 Å². The molecule has 1 aliphatic heterocycles. The minimum Gasteiger partial charge on any atom is -0.493 e. The van der Waals surface area contributed by atoms with Gasteiger partial charge >= 0.3 is 5.97 Å². The van der Waals surface area contributed by atoms with Crippen LogP contribution >= 0.6 is 0 Å². The maximum atomic E-state index is 13.2. The number of benzene rings is 1. The Balaban J connectivity index is 2.14. The van der Waals surface area contributed by atoms with Gasteiger partial charge in [-0.15, -0.1) is 0 Å². The van der Waals surface area contributed by atoms with Crippen LogP contribution in [0, 0.1) is 0 Å². The highest BCUT2D eigenvalue weighted by atomic mass is 16.5. The molecule has 2 rings (SSSR count). The van der Waals surface area contributed by atoms with Gasteiger partial charge < -0.3 is 19.7 Å². The van der Waals surface area contributed by atoms with Crippen molar-refractivity contribution >= 4 is 17.8 Å². The van der Waals surface area contributed by atoms with E-state index in [0.29, 0.717) is 37.4 Å². The molecule has 29 heavy (non-hydrogen) atoms. The van der Waals surface area contributed by atoms with Gasteiger partial charge in [0.1, 0.15) is 11.8 Å². The number of para-hydroxylation sites is 1. The first-order valence-corrected chi connectivity index (χ1v) is 10.5. The maximum absolute atomic E-state index is 13.2. The van der Waals surface area contributed by atoms with Crippen molar-refractivity contribution in [2.75, 3.05) is 19.7 Å². The SMILES string of the molecule is CCCCCOc1ccccc1C(=O)N1CCNC(=O)C1CC(=O)OC(C)CC. The fourth-order valence-electron chi connectivity index (χ4n) is 3.13. The highest BCUT2D eigenvalue weighted by Crippen LogP contribution is 2.23. The molecular formula is C22H32N2O5. The molecule has 1 saturated heterocycles. The molecule has 0 aliphatic carbocycles. The van der Waals surface area contributed by atoms with Crippen LogP contribution in [0.3, 0.4) is 0 Å². The Labute approximate surface area is 172 Å². The molecule has 2 unspecified atom stereocenters. The van der Waals surface area contributed by atoms with Crippen molar-refractivity contribution in [3.8, 4) is 5.75 Å². The van der Waals surface area contributed by atoms with E-state index >= 15 is 0 Å². The third-order valence-corrected chi connectivity index (χ3v) is 4.98. The van der Waals surface area contributed by atoms with Crippen LogP contribution in [0.1, 0.15) is 63.2 Å². The van der Waals surface area contributed by atoms with Crippen LogP contribution in [-0.2, 0) is 14.3 Å². The molecule has 1 heterocycles. The van der Waals surface area contributed by atoms with Gasteiger partial charge in [-0.05, 0) is 31.9 Å². The number of carbonyl (C=O) groups excluding carboxylic acids is 3. The monoisotopic (exact) mass is 404 g/mol. The quantitative estimate of drug-likeness (QED) is 0.479. The van der Waals surface area contributed by atoms with E-state index in [1.165, 1.54) is 4.90 Å². The Morgan fingerprint density at radius 2 is 2.00 bits per heavy atom. The molecule has 1 aromatic carbocycles. The topological polar surface area (TPSA) is 84.9 Å². The van der Waals surface area contributed by atoms with Gasteiger partial charge in [-0.1, -0.05) is 38.8 Å². The lowest BCUT2D eigenvalue weighted by Gasteiger charge is -2.35. The van der Waals surface area contributed by atoms with Crippen LogP contribution in [0.2, 0.25) is 0 Å². The van der Waals surface area contributed by atoms with Crippen molar-refractivity contribution in [2.24, 2.45) is 0 Å². The number of hydrogen-bond donors (Lipinski definition) is 1. The summed E-state index contributed by atoms with van der Waals surface area (Å²) in [5.41, 5.74) is 0.402. The molecule has 1 aromatic rings. The summed E-state index contributed by atoms with van der Waals surface area (Å²) in [5.74, 6) is -0.636. The van der Waals surface area contributed by atoms with Crippen molar-refractivity contribution < 1.29 is 23.9 Å². The molecular weight excluding hydrogens is 372 g/mol. The van der Waals surface area contributed by atoms with Crippen molar-refractivity contribution in [2.45, 2.75) is 65.0 Å². The minimum atomic E-state index is -0.888. The molecule has 2 amide bonds. The summed E-state index contributed by atoms with van der Waals surface area (Å²) in [5, 5.41) is 2.73. The van der Waals surface area contributed by atoms with E-state index in [4.69, 9.17) is 9.47 Å². The summed E-state index contributed by atoms with van der Waals surface area (Å²) < 4.78 is 11.1. The maximum Gasteiger partial charge on any atom is 0.308 e. The Kier molecular flexibility index (Phi) is 8.96.